The zero-order chi connectivity index (χ0) is 11.8. The molecule has 2 aromatic rings. The zero-order valence-electron chi connectivity index (χ0n) is 9.32. The summed E-state index contributed by atoms with van der Waals surface area (Å²) >= 11 is 0. The number of rotatable bonds is 0. The van der Waals surface area contributed by atoms with Gasteiger partial charge in [-0.15, -0.1) is 0 Å². The average molecular weight is 231 g/mol. The van der Waals surface area contributed by atoms with Crippen LogP contribution < -0.4 is 5.32 Å². The molecule has 0 fully saturated rings. The minimum atomic E-state index is -0.157. The Balaban J connectivity index is 2.24. The molecule has 1 aromatic carbocycles. The molecule has 0 radical (unpaired) electrons. The lowest BCUT2D eigenvalue weighted by molar-refractivity contribution is 0.0923. The molecule has 1 amide bonds. The van der Waals surface area contributed by atoms with Crippen molar-refractivity contribution in [2.24, 2.45) is 0 Å². The summed E-state index contributed by atoms with van der Waals surface area (Å²) in [5, 5.41) is 13.2. The number of hydrogen-bond acceptors (Lipinski definition) is 3. The molecule has 4 nitrogen and oxygen atoms in total. The van der Waals surface area contributed by atoms with E-state index in [0.717, 1.165) is 30.2 Å². The van der Waals surface area contributed by atoms with Crippen molar-refractivity contribution in [1.82, 2.24) is 5.32 Å². The molecule has 0 saturated carbocycles. The van der Waals surface area contributed by atoms with E-state index in [1.54, 1.807) is 18.2 Å². The molecule has 88 valence electrons. The Hall–Kier alpha value is -1.97. The third-order valence-electron chi connectivity index (χ3n) is 3.12. The average Bonchev–Trinajstić information content (AvgIpc) is 2.64. The van der Waals surface area contributed by atoms with Crippen molar-refractivity contribution in [2.75, 3.05) is 6.54 Å². The fraction of sp³-hybridized carbons (Fsp3) is 0.308. The smallest absolute Gasteiger partial charge is 0.287 e. The van der Waals surface area contributed by atoms with Crippen LogP contribution >= 0.6 is 0 Å². The lowest BCUT2D eigenvalue weighted by Gasteiger charge is -2.09. The van der Waals surface area contributed by atoms with Gasteiger partial charge in [-0.05, 0) is 37.5 Å². The van der Waals surface area contributed by atoms with Gasteiger partial charge in [0.05, 0.1) is 0 Å². The molecular formula is C13H13NO3. The van der Waals surface area contributed by atoms with E-state index in [4.69, 9.17) is 4.42 Å². The van der Waals surface area contributed by atoms with E-state index in [1.807, 2.05) is 0 Å². The number of aryl methyl sites for hydroxylation is 1. The molecule has 1 aliphatic rings. The maximum absolute atomic E-state index is 11.8. The SMILES string of the molecule is O=C1NCCCCc2c1oc1ccc(O)cc21. The maximum atomic E-state index is 11.8. The first-order chi connectivity index (χ1) is 8.25. The van der Waals surface area contributed by atoms with Crippen LogP contribution in [0.1, 0.15) is 29.0 Å². The van der Waals surface area contributed by atoms with Gasteiger partial charge in [0.25, 0.3) is 5.91 Å². The fourth-order valence-corrected chi connectivity index (χ4v) is 2.28. The second-order valence-electron chi connectivity index (χ2n) is 4.30. The molecule has 0 bridgehead atoms. The van der Waals surface area contributed by atoms with E-state index in [2.05, 4.69) is 5.32 Å². The molecule has 4 heteroatoms. The summed E-state index contributed by atoms with van der Waals surface area (Å²) in [7, 11) is 0. The first-order valence-corrected chi connectivity index (χ1v) is 5.78. The van der Waals surface area contributed by atoms with Crippen molar-refractivity contribution >= 4 is 16.9 Å². The summed E-state index contributed by atoms with van der Waals surface area (Å²) in [6.07, 6.45) is 2.80. The number of hydrogen-bond donors (Lipinski definition) is 2. The van der Waals surface area contributed by atoms with Crippen LogP contribution in [0.5, 0.6) is 5.75 Å². The zero-order valence-corrected chi connectivity index (χ0v) is 9.32. The number of aromatic hydroxyl groups is 1. The van der Waals surface area contributed by atoms with E-state index in [1.165, 1.54) is 0 Å². The van der Waals surface area contributed by atoms with Crippen LogP contribution in [0.3, 0.4) is 0 Å². The quantitative estimate of drug-likeness (QED) is 0.730. The van der Waals surface area contributed by atoms with E-state index in [-0.39, 0.29) is 11.7 Å². The lowest BCUT2D eigenvalue weighted by Crippen LogP contribution is -2.26. The Kier molecular flexibility index (Phi) is 2.28. The molecular weight excluding hydrogens is 218 g/mol. The Morgan fingerprint density at radius 2 is 2.18 bits per heavy atom. The second kappa shape index (κ2) is 3.80. The molecule has 0 aliphatic carbocycles. The van der Waals surface area contributed by atoms with Crippen molar-refractivity contribution in [2.45, 2.75) is 19.3 Å². The second-order valence-corrected chi connectivity index (χ2v) is 4.30. The lowest BCUT2D eigenvalue weighted by atomic mass is 10.0. The molecule has 0 atom stereocenters. The standard InChI is InChI=1S/C13H13NO3/c15-8-4-5-11-10(7-8)9-3-1-2-6-14-13(16)12(9)17-11/h4-5,7,15H,1-3,6H2,(H,14,16). The Morgan fingerprint density at radius 3 is 3.06 bits per heavy atom. The molecule has 1 aromatic heterocycles. The largest absolute Gasteiger partial charge is 0.508 e. The van der Waals surface area contributed by atoms with Crippen LogP contribution in [0.15, 0.2) is 22.6 Å². The van der Waals surface area contributed by atoms with Gasteiger partial charge in [-0.25, -0.2) is 0 Å². The third kappa shape index (κ3) is 1.65. The fourth-order valence-electron chi connectivity index (χ4n) is 2.28. The number of phenolic OH excluding ortho intramolecular Hbond substituents is 1. The van der Waals surface area contributed by atoms with Gasteiger partial charge in [-0.2, -0.15) is 0 Å². The maximum Gasteiger partial charge on any atom is 0.287 e. The van der Waals surface area contributed by atoms with Gasteiger partial charge in [-0.3, -0.25) is 4.79 Å². The summed E-state index contributed by atoms with van der Waals surface area (Å²) in [5.41, 5.74) is 1.57. The molecule has 1 aliphatic heterocycles. The van der Waals surface area contributed by atoms with Gasteiger partial charge in [0.1, 0.15) is 11.3 Å². The van der Waals surface area contributed by atoms with Crippen molar-refractivity contribution in [3.63, 3.8) is 0 Å². The van der Waals surface area contributed by atoms with Crippen molar-refractivity contribution in [3.05, 3.63) is 29.5 Å². The summed E-state index contributed by atoms with van der Waals surface area (Å²) in [6.45, 7) is 0.695. The first kappa shape index (κ1) is 10.2. The number of benzene rings is 1. The van der Waals surface area contributed by atoms with E-state index in [9.17, 15) is 9.90 Å². The summed E-state index contributed by atoms with van der Waals surface area (Å²) < 4.78 is 5.57. The van der Waals surface area contributed by atoms with Crippen molar-refractivity contribution in [3.8, 4) is 5.75 Å². The van der Waals surface area contributed by atoms with Crippen LogP contribution in [0.4, 0.5) is 0 Å². The van der Waals surface area contributed by atoms with E-state index >= 15 is 0 Å². The van der Waals surface area contributed by atoms with Gasteiger partial charge in [0.15, 0.2) is 5.76 Å². The number of amides is 1. The van der Waals surface area contributed by atoms with Crippen LogP contribution in [0, 0.1) is 0 Å². The Labute approximate surface area is 98.2 Å². The third-order valence-corrected chi connectivity index (χ3v) is 3.12. The van der Waals surface area contributed by atoms with Crippen LogP contribution in [0.25, 0.3) is 11.0 Å². The number of carbonyl (C=O) groups excluding carboxylic acids is 1. The number of nitrogens with one attached hydrogen (secondary N) is 1. The predicted molar refractivity (Wildman–Crippen MR) is 63.2 cm³/mol. The molecule has 0 spiro atoms. The van der Waals surface area contributed by atoms with E-state index in [0.29, 0.717) is 17.9 Å². The summed E-state index contributed by atoms with van der Waals surface area (Å²) in [6, 6.07) is 4.92. The molecule has 0 unspecified atom stereocenters. The van der Waals surface area contributed by atoms with E-state index < -0.39 is 0 Å². The molecule has 0 saturated heterocycles. The van der Waals surface area contributed by atoms with Crippen molar-refractivity contribution in [1.29, 1.82) is 0 Å². The summed E-state index contributed by atoms with van der Waals surface area (Å²) in [4.78, 5) is 11.8. The van der Waals surface area contributed by atoms with Crippen LogP contribution in [-0.2, 0) is 6.42 Å². The normalized spacial score (nSPS) is 16.1. The number of phenols is 1. The van der Waals surface area contributed by atoms with Gasteiger partial charge >= 0.3 is 0 Å². The topological polar surface area (TPSA) is 62.5 Å². The highest BCUT2D eigenvalue weighted by atomic mass is 16.3. The molecule has 2 N–H and O–H groups in total. The minimum Gasteiger partial charge on any atom is -0.508 e. The number of carbonyl (C=O) groups is 1. The minimum absolute atomic E-state index is 0.157. The Morgan fingerprint density at radius 1 is 1.29 bits per heavy atom. The monoisotopic (exact) mass is 231 g/mol. The van der Waals surface area contributed by atoms with Crippen molar-refractivity contribution < 1.29 is 14.3 Å². The van der Waals surface area contributed by atoms with Gasteiger partial charge in [0, 0.05) is 17.5 Å². The number of fused-ring (bicyclic) bond motifs is 3. The molecule has 2 heterocycles. The van der Waals surface area contributed by atoms with Gasteiger partial charge in [-0.1, -0.05) is 0 Å². The highest BCUT2D eigenvalue weighted by Crippen LogP contribution is 2.30. The summed E-state index contributed by atoms with van der Waals surface area (Å²) in [5.74, 6) is 0.434. The molecule has 3 rings (SSSR count). The van der Waals surface area contributed by atoms with Crippen LogP contribution in [-0.4, -0.2) is 17.6 Å². The number of furan rings is 1. The predicted octanol–water partition coefficient (Wildman–Crippen LogP) is 2.20. The van der Waals surface area contributed by atoms with Gasteiger partial charge in [0.2, 0.25) is 0 Å². The highest BCUT2D eigenvalue weighted by molar-refractivity contribution is 5.99. The molecule has 17 heavy (non-hydrogen) atoms. The highest BCUT2D eigenvalue weighted by Gasteiger charge is 2.21. The van der Waals surface area contributed by atoms with Gasteiger partial charge < -0.3 is 14.8 Å². The van der Waals surface area contributed by atoms with Crippen LogP contribution in [0.2, 0.25) is 0 Å². The first-order valence-electron chi connectivity index (χ1n) is 5.78. The Bertz CT molecular complexity index is 586.